The first-order chi connectivity index (χ1) is 13.4. The molecule has 1 fully saturated rings. The molecule has 2 aromatic carbocycles. The van der Waals surface area contributed by atoms with E-state index in [4.69, 9.17) is 16.3 Å². The summed E-state index contributed by atoms with van der Waals surface area (Å²) in [7, 11) is 1.65. The molecule has 5 heteroatoms. The van der Waals surface area contributed by atoms with Gasteiger partial charge in [-0.1, -0.05) is 29.8 Å². The van der Waals surface area contributed by atoms with Gasteiger partial charge in [0.2, 0.25) is 5.91 Å². The van der Waals surface area contributed by atoms with Crippen molar-refractivity contribution in [1.82, 2.24) is 9.88 Å². The molecule has 4 nitrogen and oxygen atoms in total. The van der Waals surface area contributed by atoms with E-state index >= 15 is 0 Å². The third kappa shape index (κ3) is 2.40. The Labute approximate surface area is 169 Å². The molecule has 1 aliphatic heterocycles. The maximum Gasteiger partial charge on any atom is 0.220 e. The lowest BCUT2D eigenvalue weighted by Crippen LogP contribution is -2.44. The number of amides is 1. The van der Waals surface area contributed by atoms with Gasteiger partial charge in [-0.15, -0.1) is 0 Å². The lowest BCUT2D eigenvalue weighted by atomic mass is 9.82. The van der Waals surface area contributed by atoms with Crippen LogP contribution in [-0.2, 0) is 10.2 Å². The molecular weight excluding hydrogens is 372 g/mol. The summed E-state index contributed by atoms with van der Waals surface area (Å²) in [6, 6.07) is 11.8. The molecule has 1 atom stereocenters. The summed E-state index contributed by atoms with van der Waals surface area (Å²) < 4.78 is 5.65. The predicted molar refractivity (Wildman–Crippen MR) is 111 cm³/mol. The van der Waals surface area contributed by atoms with Crippen LogP contribution >= 0.6 is 11.6 Å². The van der Waals surface area contributed by atoms with Crippen LogP contribution in [0.3, 0.4) is 0 Å². The number of rotatable bonds is 2. The fourth-order valence-corrected chi connectivity index (χ4v) is 5.10. The average molecular weight is 395 g/mol. The van der Waals surface area contributed by atoms with Crippen molar-refractivity contribution in [3.05, 3.63) is 63.8 Å². The molecule has 3 aromatic rings. The van der Waals surface area contributed by atoms with Crippen molar-refractivity contribution in [2.24, 2.45) is 0 Å². The summed E-state index contributed by atoms with van der Waals surface area (Å²) in [6.45, 7) is 4.57. The fraction of sp³-hybridized carbons (Fsp3) is 0.348. The molecule has 2 aliphatic rings. The number of fused-ring (bicyclic) bond motifs is 4. The quantitative estimate of drug-likeness (QED) is 0.655. The highest BCUT2D eigenvalue weighted by Gasteiger charge is 2.54. The van der Waals surface area contributed by atoms with Crippen LogP contribution in [0, 0.1) is 6.92 Å². The van der Waals surface area contributed by atoms with E-state index in [1.807, 2.05) is 23.1 Å². The van der Waals surface area contributed by atoms with Gasteiger partial charge in [0, 0.05) is 46.1 Å². The van der Waals surface area contributed by atoms with Gasteiger partial charge in [-0.2, -0.15) is 0 Å². The number of H-pyrrole nitrogens is 1. The second kappa shape index (κ2) is 6.02. The van der Waals surface area contributed by atoms with Gasteiger partial charge in [-0.05, 0) is 49.1 Å². The normalized spacial score (nSPS) is 19.7. The zero-order valence-corrected chi connectivity index (χ0v) is 17.1. The third-order valence-electron chi connectivity index (χ3n) is 6.40. The number of aromatic nitrogens is 1. The van der Waals surface area contributed by atoms with Crippen LogP contribution in [0.1, 0.15) is 48.2 Å². The Morgan fingerprint density at radius 1 is 1.29 bits per heavy atom. The summed E-state index contributed by atoms with van der Waals surface area (Å²) in [5, 5.41) is 1.94. The molecule has 0 radical (unpaired) electrons. The minimum Gasteiger partial charge on any atom is -0.496 e. The number of carbonyl (C=O) groups excluding carboxylic acids is 1. The van der Waals surface area contributed by atoms with Crippen LogP contribution in [-0.4, -0.2) is 29.4 Å². The molecule has 1 aromatic heterocycles. The van der Waals surface area contributed by atoms with Crippen LogP contribution in [0.2, 0.25) is 5.02 Å². The van der Waals surface area contributed by atoms with E-state index in [9.17, 15) is 4.79 Å². The Kier molecular flexibility index (Phi) is 3.79. The number of hydrogen-bond donors (Lipinski definition) is 1. The van der Waals surface area contributed by atoms with Crippen LogP contribution in [0.4, 0.5) is 0 Å². The molecule has 1 spiro atoms. The van der Waals surface area contributed by atoms with Crippen LogP contribution in [0.25, 0.3) is 10.9 Å². The summed E-state index contributed by atoms with van der Waals surface area (Å²) in [5.74, 6) is 0.783. The Balaban J connectivity index is 1.82. The minimum atomic E-state index is -0.210. The van der Waals surface area contributed by atoms with Crippen LogP contribution < -0.4 is 4.74 Å². The Bertz CT molecular complexity index is 1110. The van der Waals surface area contributed by atoms with Gasteiger partial charge in [0.25, 0.3) is 0 Å². The lowest BCUT2D eigenvalue weighted by Gasteiger charge is -2.40. The number of nitrogens with one attached hydrogen (secondary N) is 1. The minimum absolute atomic E-state index is 0.0710. The SMILES string of the molecule is COc1cc(Cl)ccc1C1c2[nH]c3cccc(C)c3c2C2(CC2)CN1C(C)=O. The number of methoxy groups -OCH3 is 1. The first-order valence-corrected chi connectivity index (χ1v) is 10.1. The van der Waals surface area contributed by atoms with Gasteiger partial charge >= 0.3 is 0 Å². The molecule has 1 aliphatic carbocycles. The average Bonchev–Trinajstić information content (AvgIpc) is 3.31. The van der Waals surface area contributed by atoms with Crippen molar-refractivity contribution < 1.29 is 9.53 Å². The number of hydrogen-bond acceptors (Lipinski definition) is 2. The van der Waals surface area contributed by atoms with E-state index in [2.05, 4.69) is 30.1 Å². The van der Waals surface area contributed by atoms with Gasteiger partial charge in [0.05, 0.1) is 7.11 Å². The van der Waals surface area contributed by atoms with Gasteiger partial charge in [0.15, 0.2) is 0 Å². The van der Waals surface area contributed by atoms with E-state index in [0.717, 1.165) is 36.2 Å². The van der Waals surface area contributed by atoms with Crippen molar-refractivity contribution >= 4 is 28.4 Å². The largest absolute Gasteiger partial charge is 0.496 e. The molecule has 144 valence electrons. The highest BCUT2D eigenvalue weighted by Crippen LogP contribution is 2.58. The van der Waals surface area contributed by atoms with Crippen molar-refractivity contribution in [3.63, 3.8) is 0 Å². The number of carbonyl (C=O) groups is 1. The number of benzene rings is 2. The van der Waals surface area contributed by atoms with Crippen LogP contribution in [0.15, 0.2) is 36.4 Å². The van der Waals surface area contributed by atoms with E-state index in [-0.39, 0.29) is 17.4 Å². The molecule has 1 saturated carbocycles. The molecule has 1 amide bonds. The summed E-state index contributed by atoms with van der Waals surface area (Å²) in [4.78, 5) is 18.4. The summed E-state index contributed by atoms with van der Waals surface area (Å²) in [6.07, 6.45) is 2.24. The third-order valence-corrected chi connectivity index (χ3v) is 6.63. The standard InChI is InChI=1S/C23H23ClN2O2/c1-13-5-4-6-17-19(13)20-21(25-17)22(16-8-7-15(24)11-18(16)28-3)26(14(2)27)12-23(20)9-10-23/h4-8,11,22,25H,9-10,12H2,1-3H3. The Morgan fingerprint density at radius 3 is 2.75 bits per heavy atom. The van der Waals surface area contributed by atoms with E-state index < -0.39 is 0 Å². The van der Waals surface area contributed by atoms with Gasteiger partial charge in [0.1, 0.15) is 11.8 Å². The maximum atomic E-state index is 12.7. The lowest BCUT2D eigenvalue weighted by molar-refractivity contribution is -0.131. The second-order valence-corrected chi connectivity index (χ2v) is 8.56. The van der Waals surface area contributed by atoms with E-state index in [0.29, 0.717) is 10.8 Å². The predicted octanol–water partition coefficient (Wildman–Crippen LogP) is 5.12. The molecule has 0 saturated heterocycles. The zero-order chi connectivity index (χ0) is 19.6. The monoisotopic (exact) mass is 394 g/mol. The second-order valence-electron chi connectivity index (χ2n) is 8.13. The van der Waals surface area contributed by atoms with E-state index in [1.54, 1.807) is 14.0 Å². The molecule has 2 heterocycles. The van der Waals surface area contributed by atoms with Gasteiger partial charge < -0.3 is 14.6 Å². The molecular formula is C23H23ClN2O2. The number of aryl methyl sites for hydroxylation is 1. The summed E-state index contributed by atoms with van der Waals surface area (Å²) >= 11 is 6.21. The number of nitrogens with zero attached hydrogens (tertiary/aromatic N) is 1. The van der Waals surface area contributed by atoms with Gasteiger partial charge in [-0.3, -0.25) is 4.79 Å². The van der Waals surface area contributed by atoms with Crippen molar-refractivity contribution in [2.45, 2.75) is 38.1 Å². The fourth-order valence-electron chi connectivity index (χ4n) is 4.94. The van der Waals surface area contributed by atoms with Crippen molar-refractivity contribution in [3.8, 4) is 5.75 Å². The van der Waals surface area contributed by atoms with E-state index in [1.165, 1.54) is 16.5 Å². The molecule has 1 unspecified atom stereocenters. The number of aromatic amines is 1. The molecule has 28 heavy (non-hydrogen) atoms. The summed E-state index contributed by atoms with van der Waals surface area (Å²) in [5.41, 5.74) is 5.95. The maximum absolute atomic E-state index is 12.7. The number of halogens is 1. The molecule has 1 N–H and O–H groups in total. The Morgan fingerprint density at radius 2 is 2.07 bits per heavy atom. The molecule has 0 bridgehead atoms. The van der Waals surface area contributed by atoms with Gasteiger partial charge in [-0.25, -0.2) is 0 Å². The first-order valence-electron chi connectivity index (χ1n) is 9.67. The highest BCUT2D eigenvalue weighted by atomic mass is 35.5. The van der Waals surface area contributed by atoms with Crippen LogP contribution in [0.5, 0.6) is 5.75 Å². The molecule has 5 rings (SSSR count). The van der Waals surface area contributed by atoms with Crippen molar-refractivity contribution in [2.75, 3.05) is 13.7 Å². The smallest absolute Gasteiger partial charge is 0.220 e. The number of ether oxygens (including phenoxy) is 1. The Hall–Kier alpha value is -2.46. The highest BCUT2D eigenvalue weighted by molar-refractivity contribution is 6.30. The first kappa shape index (κ1) is 17.6. The zero-order valence-electron chi connectivity index (χ0n) is 16.3. The topological polar surface area (TPSA) is 45.3 Å². The van der Waals surface area contributed by atoms with Crippen molar-refractivity contribution in [1.29, 1.82) is 0 Å².